The van der Waals surface area contributed by atoms with Gasteiger partial charge < -0.3 is 15.0 Å². The van der Waals surface area contributed by atoms with Crippen molar-refractivity contribution in [1.82, 2.24) is 0 Å². The Morgan fingerprint density at radius 1 is 1.00 bits per heavy atom. The van der Waals surface area contributed by atoms with Crippen LogP contribution in [-0.2, 0) is 36.9 Å². The van der Waals surface area contributed by atoms with Crippen molar-refractivity contribution in [2.75, 3.05) is 12.8 Å². The molecule has 1 heterocycles. The van der Waals surface area contributed by atoms with E-state index in [0.717, 1.165) is 42.0 Å². The molecule has 0 bridgehead atoms. The van der Waals surface area contributed by atoms with Gasteiger partial charge in [-0.25, -0.2) is 0 Å². The lowest BCUT2D eigenvalue weighted by atomic mass is 9.96. The molecule has 7 heteroatoms. The Morgan fingerprint density at radius 3 is 2.21 bits per heavy atom. The highest BCUT2D eigenvalue weighted by atomic mass is 32.1. The first-order valence-corrected chi connectivity index (χ1v) is 10.6. The Bertz CT molecular complexity index is 873. The van der Waals surface area contributed by atoms with Crippen LogP contribution in [0.4, 0.5) is 5.69 Å². The fourth-order valence-corrected chi connectivity index (χ4v) is 4.55. The minimum absolute atomic E-state index is 0.362. The molecule has 0 fully saturated rings. The van der Waals surface area contributed by atoms with Gasteiger partial charge in [-0.2, -0.15) is 0 Å². The molecule has 1 aromatic carbocycles. The van der Waals surface area contributed by atoms with E-state index >= 15 is 0 Å². The molecule has 29 heavy (non-hydrogen) atoms. The lowest BCUT2D eigenvalue weighted by Crippen LogP contribution is -2.09. The van der Waals surface area contributed by atoms with Crippen molar-refractivity contribution < 1.29 is 14.0 Å². The van der Waals surface area contributed by atoms with Gasteiger partial charge in [-0.1, -0.05) is 11.2 Å². The first-order chi connectivity index (χ1) is 14.2. The fourth-order valence-electron chi connectivity index (χ4n) is 4.55. The number of benzene rings is 1. The van der Waals surface area contributed by atoms with Crippen LogP contribution < -0.4 is 10.9 Å². The highest BCUT2D eigenvalue weighted by Crippen LogP contribution is 2.36. The van der Waals surface area contributed by atoms with E-state index in [1.807, 2.05) is 0 Å². The number of nitrogen functional groups attached to an aromatic ring is 1. The first kappa shape index (κ1) is 21.5. The molecular formula is C22H29N3O3S. The molecule has 0 saturated heterocycles. The van der Waals surface area contributed by atoms with Crippen molar-refractivity contribution in [3.05, 3.63) is 51.5 Å². The number of hydrogen-bond acceptors (Lipinski definition) is 7. The average molecular weight is 416 g/mol. The second-order valence-corrected chi connectivity index (χ2v) is 7.45. The number of thiol groups is 1. The third-order valence-electron chi connectivity index (χ3n) is 5.79. The summed E-state index contributed by atoms with van der Waals surface area (Å²) in [5.41, 5.74) is 15.1. The molecule has 2 aromatic rings. The van der Waals surface area contributed by atoms with Crippen molar-refractivity contribution in [3.8, 4) is 0 Å². The number of aryl methyl sites for hydroxylation is 3. The number of fused-ring (bicyclic) bond motifs is 3. The number of nitrogens with two attached hydrogens (primary N) is 2. The van der Waals surface area contributed by atoms with E-state index in [4.69, 9.17) is 15.0 Å². The van der Waals surface area contributed by atoms with Crippen molar-refractivity contribution in [1.29, 1.82) is 0 Å². The van der Waals surface area contributed by atoms with Gasteiger partial charge in [-0.3, -0.25) is 9.93 Å². The summed E-state index contributed by atoms with van der Waals surface area (Å²) in [6, 6.07) is 4.14. The molecule has 0 saturated carbocycles. The summed E-state index contributed by atoms with van der Waals surface area (Å²) in [5.74, 6) is 1.20. The lowest BCUT2D eigenvalue weighted by Gasteiger charge is -2.10. The third-order valence-corrected chi connectivity index (χ3v) is 5.79. The molecule has 3 aliphatic rings. The molecule has 5 rings (SSSR count). The Balaban J connectivity index is 0.000000153. The quantitative estimate of drug-likeness (QED) is 0.299. The van der Waals surface area contributed by atoms with E-state index in [1.165, 1.54) is 67.9 Å². The summed E-state index contributed by atoms with van der Waals surface area (Å²) in [7, 11) is 1.52. The number of oxime groups is 1. The van der Waals surface area contributed by atoms with Gasteiger partial charge >= 0.3 is 0 Å². The SMILES string of the molecule is CO/N=C1/CCCc2oc(C=O)cc21.NS.Nc1c2c(cc3c1CCC3)CCC2. The van der Waals surface area contributed by atoms with Crippen LogP contribution in [0.3, 0.4) is 0 Å². The highest BCUT2D eigenvalue weighted by molar-refractivity contribution is 7.77. The number of nitrogens with zero attached hydrogens (tertiary/aromatic N) is 1. The zero-order chi connectivity index (χ0) is 20.8. The minimum atomic E-state index is 0.362. The third kappa shape index (κ3) is 4.51. The van der Waals surface area contributed by atoms with Crippen LogP contribution in [0.1, 0.15) is 69.8 Å². The van der Waals surface area contributed by atoms with Gasteiger partial charge in [0.25, 0.3) is 0 Å². The fraction of sp³-hybridized carbons (Fsp3) is 0.455. The second kappa shape index (κ2) is 9.98. The van der Waals surface area contributed by atoms with Gasteiger partial charge in [0.05, 0.1) is 5.71 Å². The molecule has 0 aliphatic heterocycles. The maximum Gasteiger partial charge on any atom is 0.185 e. The average Bonchev–Trinajstić information content (AvgIpc) is 3.49. The predicted molar refractivity (Wildman–Crippen MR) is 119 cm³/mol. The smallest absolute Gasteiger partial charge is 0.185 e. The molecule has 0 spiro atoms. The lowest BCUT2D eigenvalue weighted by molar-refractivity contribution is 0.109. The van der Waals surface area contributed by atoms with Crippen molar-refractivity contribution in [3.63, 3.8) is 0 Å². The zero-order valence-corrected chi connectivity index (χ0v) is 17.8. The summed E-state index contributed by atoms with van der Waals surface area (Å²) in [6.07, 6.45) is 11.0. The van der Waals surface area contributed by atoms with E-state index < -0.39 is 0 Å². The first-order valence-electron chi connectivity index (χ1n) is 10.1. The maximum atomic E-state index is 10.5. The molecule has 3 aliphatic carbocycles. The number of rotatable bonds is 2. The van der Waals surface area contributed by atoms with Gasteiger partial charge in [0.2, 0.25) is 0 Å². The van der Waals surface area contributed by atoms with Gasteiger partial charge in [-0.15, -0.1) is 12.8 Å². The topological polar surface area (TPSA) is 104 Å². The summed E-state index contributed by atoms with van der Waals surface area (Å²) in [6.45, 7) is 0. The molecule has 0 amide bonds. The van der Waals surface area contributed by atoms with Crippen molar-refractivity contribution in [2.45, 2.75) is 57.8 Å². The van der Waals surface area contributed by atoms with Crippen LogP contribution in [0.2, 0.25) is 0 Å². The molecule has 0 unspecified atom stereocenters. The number of anilines is 1. The largest absolute Gasteiger partial charge is 0.458 e. The zero-order valence-electron chi connectivity index (χ0n) is 16.9. The summed E-state index contributed by atoms with van der Waals surface area (Å²) in [4.78, 5) is 15.3. The van der Waals surface area contributed by atoms with E-state index in [9.17, 15) is 4.79 Å². The van der Waals surface area contributed by atoms with Crippen LogP contribution in [0.5, 0.6) is 0 Å². The van der Waals surface area contributed by atoms with Crippen molar-refractivity contribution >= 4 is 30.5 Å². The van der Waals surface area contributed by atoms with Crippen LogP contribution >= 0.6 is 12.8 Å². The summed E-state index contributed by atoms with van der Waals surface area (Å²) >= 11 is 3.03. The maximum absolute atomic E-state index is 10.5. The monoisotopic (exact) mass is 415 g/mol. The molecule has 0 radical (unpaired) electrons. The molecule has 6 nitrogen and oxygen atoms in total. The number of carbonyl (C=O) groups excluding carboxylic acids is 1. The molecule has 156 valence electrons. The summed E-state index contributed by atoms with van der Waals surface area (Å²) in [5, 5.41) is 8.11. The van der Waals surface area contributed by atoms with Crippen LogP contribution in [-0.4, -0.2) is 19.1 Å². The number of carbonyl (C=O) groups is 1. The Labute approximate surface area is 177 Å². The van der Waals surface area contributed by atoms with E-state index in [1.54, 1.807) is 6.07 Å². The Kier molecular flexibility index (Phi) is 7.39. The minimum Gasteiger partial charge on any atom is -0.458 e. The number of hydrogen-bond donors (Lipinski definition) is 3. The highest BCUT2D eigenvalue weighted by Gasteiger charge is 2.22. The molecule has 0 atom stereocenters. The Morgan fingerprint density at radius 2 is 1.62 bits per heavy atom. The second-order valence-electron chi connectivity index (χ2n) is 7.45. The molecule has 4 N–H and O–H groups in total. The van der Waals surface area contributed by atoms with Gasteiger partial charge in [0, 0.05) is 17.7 Å². The summed E-state index contributed by atoms with van der Waals surface area (Å²) < 4.78 is 5.33. The number of aldehydes is 1. The molecular weight excluding hydrogens is 386 g/mol. The van der Waals surface area contributed by atoms with Gasteiger partial charge in [-0.05, 0) is 79.7 Å². The van der Waals surface area contributed by atoms with Gasteiger partial charge in [0.15, 0.2) is 12.0 Å². The van der Waals surface area contributed by atoms with E-state index in [2.05, 4.69) is 29.2 Å². The molecule has 1 aromatic heterocycles. The Hall–Kier alpha value is -2.25. The van der Waals surface area contributed by atoms with E-state index in [0.29, 0.717) is 12.0 Å². The standard InChI is InChI=1S/C12H15N.C10H11NO3.H3NS/c13-12-10-5-1-3-8(10)7-9-4-2-6-11(9)12;1-13-11-9-3-2-4-10-8(9)5-7(6-12)14-10;1-2/h7H,1-6,13H2;5-6H,2-4H2,1H3;2H,1H2/b;11-9-;. The van der Waals surface area contributed by atoms with Crippen LogP contribution in [0.15, 0.2) is 21.7 Å². The van der Waals surface area contributed by atoms with Crippen LogP contribution in [0.25, 0.3) is 0 Å². The van der Waals surface area contributed by atoms with Crippen LogP contribution in [0, 0.1) is 0 Å². The number of furan rings is 1. The van der Waals surface area contributed by atoms with E-state index in [-0.39, 0.29) is 0 Å². The van der Waals surface area contributed by atoms with Crippen molar-refractivity contribution in [2.24, 2.45) is 10.3 Å². The van der Waals surface area contributed by atoms with Gasteiger partial charge in [0.1, 0.15) is 12.9 Å². The predicted octanol–water partition coefficient (Wildman–Crippen LogP) is 3.82. The normalized spacial score (nSPS) is 17.3.